The summed E-state index contributed by atoms with van der Waals surface area (Å²) in [5.41, 5.74) is -0.469. The third-order valence-corrected chi connectivity index (χ3v) is 4.04. The molecular formula is C13H27N3O4S. The minimum Gasteiger partial charge on any atom is -0.444 e. The molecular weight excluding hydrogens is 294 g/mol. The summed E-state index contributed by atoms with van der Waals surface area (Å²) >= 11 is 0. The van der Waals surface area contributed by atoms with Crippen LogP contribution in [0.25, 0.3) is 0 Å². The molecule has 0 bridgehead atoms. The molecule has 124 valence electrons. The number of nitrogens with two attached hydrogens (primary N) is 1. The van der Waals surface area contributed by atoms with E-state index in [1.54, 1.807) is 4.90 Å². The summed E-state index contributed by atoms with van der Waals surface area (Å²) in [6.45, 7) is 8.03. The van der Waals surface area contributed by atoms with Gasteiger partial charge in [-0.15, -0.1) is 0 Å². The second kappa shape index (κ2) is 7.42. The second-order valence-electron chi connectivity index (χ2n) is 6.48. The van der Waals surface area contributed by atoms with E-state index in [1.165, 1.54) is 0 Å². The molecule has 0 spiro atoms. The maximum absolute atomic E-state index is 11.9. The zero-order valence-corrected chi connectivity index (χ0v) is 13.9. The number of carbonyl (C=O) groups is 1. The molecule has 1 heterocycles. The fourth-order valence-corrected chi connectivity index (χ4v) is 2.60. The van der Waals surface area contributed by atoms with Gasteiger partial charge in [0.15, 0.2) is 0 Å². The van der Waals surface area contributed by atoms with Gasteiger partial charge in [-0.1, -0.05) is 0 Å². The number of ether oxygens (including phenoxy) is 1. The lowest BCUT2D eigenvalue weighted by Crippen LogP contribution is -2.43. The van der Waals surface area contributed by atoms with Crippen LogP contribution < -0.4 is 10.5 Å². The number of amides is 1. The van der Waals surface area contributed by atoms with E-state index in [4.69, 9.17) is 9.88 Å². The van der Waals surface area contributed by atoms with Crippen molar-refractivity contribution >= 4 is 16.1 Å². The van der Waals surface area contributed by atoms with Gasteiger partial charge in [-0.05, 0) is 46.1 Å². The summed E-state index contributed by atoms with van der Waals surface area (Å²) < 4.78 is 26.9. The number of sulfonamides is 1. The van der Waals surface area contributed by atoms with Crippen molar-refractivity contribution in [2.24, 2.45) is 11.1 Å². The molecule has 0 aromatic carbocycles. The van der Waals surface area contributed by atoms with Gasteiger partial charge >= 0.3 is 6.09 Å². The summed E-state index contributed by atoms with van der Waals surface area (Å²) in [7, 11) is -3.40. The predicted octanol–water partition coefficient (Wildman–Crippen LogP) is 0.512. The van der Waals surface area contributed by atoms with Crippen LogP contribution in [0.1, 0.15) is 33.6 Å². The minimum absolute atomic E-state index is 0.0518. The Balaban J connectivity index is 2.22. The highest BCUT2D eigenvalue weighted by Gasteiger charge is 2.26. The van der Waals surface area contributed by atoms with Gasteiger partial charge in [0.05, 0.1) is 5.75 Å². The molecule has 0 aromatic heterocycles. The van der Waals surface area contributed by atoms with E-state index in [-0.39, 0.29) is 11.8 Å². The number of hydrogen-bond acceptors (Lipinski definition) is 5. The standard InChI is InChI=1S/C13H27N3O4S/c1-13(2,3)20-12(17)16-7-4-11(5-8-16)10-15-6-9-21(14,18)19/h11,15H,4-10H2,1-3H3,(H2,14,18,19). The highest BCUT2D eigenvalue weighted by molar-refractivity contribution is 7.89. The lowest BCUT2D eigenvalue weighted by atomic mass is 9.97. The van der Waals surface area contributed by atoms with Crippen molar-refractivity contribution in [3.8, 4) is 0 Å². The Morgan fingerprint density at radius 2 is 1.90 bits per heavy atom. The van der Waals surface area contributed by atoms with E-state index in [2.05, 4.69) is 5.32 Å². The van der Waals surface area contributed by atoms with Gasteiger partial charge in [-0.2, -0.15) is 0 Å². The summed E-state index contributed by atoms with van der Waals surface area (Å²) in [5, 5.41) is 8.03. The van der Waals surface area contributed by atoms with Crippen molar-refractivity contribution in [3.05, 3.63) is 0 Å². The number of primary sulfonamides is 1. The number of rotatable bonds is 5. The Morgan fingerprint density at radius 1 is 1.33 bits per heavy atom. The largest absolute Gasteiger partial charge is 0.444 e. The molecule has 0 aromatic rings. The molecule has 3 N–H and O–H groups in total. The van der Waals surface area contributed by atoms with E-state index < -0.39 is 15.6 Å². The Hall–Kier alpha value is -0.860. The first kappa shape index (κ1) is 18.2. The topological polar surface area (TPSA) is 102 Å². The molecule has 8 heteroatoms. The first-order valence-electron chi connectivity index (χ1n) is 7.26. The quantitative estimate of drug-likeness (QED) is 0.719. The number of piperidine rings is 1. The number of nitrogens with one attached hydrogen (secondary N) is 1. The molecule has 1 aliphatic heterocycles. The molecule has 1 fully saturated rings. The molecule has 21 heavy (non-hydrogen) atoms. The number of likely N-dealkylation sites (tertiary alicyclic amines) is 1. The van der Waals surface area contributed by atoms with E-state index in [0.717, 1.165) is 19.4 Å². The number of nitrogens with zero attached hydrogens (tertiary/aromatic N) is 1. The van der Waals surface area contributed by atoms with E-state index in [1.807, 2.05) is 20.8 Å². The summed E-state index contributed by atoms with van der Waals surface area (Å²) in [5.74, 6) is 0.396. The fourth-order valence-electron chi connectivity index (χ4n) is 2.17. The first-order chi connectivity index (χ1) is 9.57. The van der Waals surface area contributed by atoms with Crippen molar-refractivity contribution in [2.45, 2.75) is 39.2 Å². The average molecular weight is 321 g/mol. The number of carbonyl (C=O) groups excluding carboxylic acids is 1. The Morgan fingerprint density at radius 3 is 2.38 bits per heavy atom. The molecule has 0 aliphatic carbocycles. The van der Waals surface area contributed by atoms with Crippen molar-refractivity contribution < 1.29 is 17.9 Å². The molecule has 0 saturated carbocycles. The van der Waals surface area contributed by atoms with Crippen molar-refractivity contribution in [1.29, 1.82) is 0 Å². The molecule has 0 atom stereocenters. The van der Waals surface area contributed by atoms with Gasteiger partial charge in [0, 0.05) is 19.6 Å². The molecule has 1 saturated heterocycles. The third kappa shape index (κ3) is 8.23. The van der Waals surface area contributed by atoms with Crippen LogP contribution in [0, 0.1) is 5.92 Å². The maximum atomic E-state index is 11.9. The highest BCUT2D eigenvalue weighted by Crippen LogP contribution is 2.19. The van der Waals surface area contributed by atoms with Crippen molar-refractivity contribution in [1.82, 2.24) is 10.2 Å². The summed E-state index contributed by atoms with van der Waals surface area (Å²) in [6.07, 6.45) is 1.52. The van der Waals surface area contributed by atoms with Gasteiger partial charge < -0.3 is 15.0 Å². The van der Waals surface area contributed by atoms with E-state index in [9.17, 15) is 13.2 Å². The second-order valence-corrected chi connectivity index (χ2v) is 8.22. The smallest absolute Gasteiger partial charge is 0.410 e. The molecule has 7 nitrogen and oxygen atoms in total. The lowest BCUT2D eigenvalue weighted by molar-refractivity contribution is 0.0184. The SMILES string of the molecule is CC(C)(C)OC(=O)N1CCC(CNCCS(N)(=O)=O)CC1. The van der Waals surface area contributed by atoms with Crippen LogP contribution in [0.2, 0.25) is 0 Å². The van der Waals surface area contributed by atoms with Crippen LogP contribution >= 0.6 is 0 Å². The highest BCUT2D eigenvalue weighted by atomic mass is 32.2. The van der Waals surface area contributed by atoms with Gasteiger partial charge in [0.1, 0.15) is 5.60 Å². The van der Waals surface area contributed by atoms with Crippen molar-refractivity contribution in [2.75, 3.05) is 31.9 Å². The van der Waals surface area contributed by atoms with Gasteiger partial charge in [0.25, 0.3) is 0 Å². The van der Waals surface area contributed by atoms with Gasteiger partial charge in [0.2, 0.25) is 10.0 Å². The van der Waals surface area contributed by atoms with Crippen LogP contribution in [0.4, 0.5) is 4.79 Å². The van der Waals surface area contributed by atoms with Crippen LogP contribution in [0.5, 0.6) is 0 Å². The van der Waals surface area contributed by atoms with Crippen LogP contribution in [0.3, 0.4) is 0 Å². The average Bonchev–Trinajstić information content (AvgIpc) is 2.32. The first-order valence-corrected chi connectivity index (χ1v) is 8.97. The Kier molecular flexibility index (Phi) is 6.42. The van der Waals surface area contributed by atoms with Crippen LogP contribution in [-0.2, 0) is 14.8 Å². The van der Waals surface area contributed by atoms with Crippen molar-refractivity contribution in [3.63, 3.8) is 0 Å². The zero-order chi connectivity index (χ0) is 16.1. The zero-order valence-electron chi connectivity index (χ0n) is 13.1. The van der Waals surface area contributed by atoms with E-state index >= 15 is 0 Å². The normalized spacial score (nSPS) is 17.8. The summed E-state index contributed by atoms with van der Waals surface area (Å²) in [6, 6.07) is 0. The predicted molar refractivity (Wildman–Crippen MR) is 81.4 cm³/mol. The van der Waals surface area contributed by atoms with Gasteiger partial charge in [-0.25, -0.2) is 18.4 Å². The Bertz CT molecular complexity index is 437. The molecule has 0 radical (unpaired) electrons. The maximum Gasteiger partial charge on any atom is 0.410 e. The number of hydrogen-bond donors (Lipinski definition) is 2. The van der Waals surface area contributed by atoms with Crippen LogP contribution in [0.15, 0.2) is 0 Å². The molecule has 1 rings (SSSR count). The monoisotopic (exact) mass is 321 g/mol. The third-order valence-electron chi connectivity index (χ3n) is 3.26. The minimum atomic E-state index is -3.40. The fraction of sp³-hybridized carbons (Fsp3) is 0.923. The summed E-state index contributed by atoms with van der Waals surface area (Å²) in [4.78, 5) is 13.6. The molecule has 1 amide bonds. The van der Waals surface area contributed by atoms with E-state index in [0.29, 0.717) is 25.6 Å². The Labute approximate surface area is 127 Å². The van der Waals surface area contributed by atoms with Crippen LogP contribution in [-0.4, -0.2) is 56.9 Å². The molecule has 0 unspecified atom stereocenters. The van der Waals surface area contributed by atoms with Gasteiger partial charge in [-0.3, -0.25) is 0 Å². The molecule has 1 aliphatic rings. The lowest BCUT2D eigenvalue weighted by Gasteiger charge is -2.33.